The van der Waals surface area contributed by atoms with Crippen LogP contribution in [0.25, 0.3) is 11.0 Å². The van der Waals surface area contributed by atoms with Gasteiger partial charge < -0.3 is 9.52 Å². The van der Waals surface area contributed by atoms with E-state index in [9.17, 15) is 9.50 Å². The third-order valence-electron chi connectivity index (χ3n) is 2.95. The molecule has 2 aromatic carbocycles. The second-order valence-electron chi connectivity index (χ2n) is 4.26. The molecule has 1 atom stereocenters. The van der Waals surface area contributed by atoms with Gasteiger partial charge in [-0.25, -0.2) is 4.39 Å². The van der Waals surface area contributed by atoms with E-state index in [-0.39, 0.29) is 5.58 Å². The standard InChI is InChI=1S/C15H10BrFO2/c16-11-5-1-3-9(7-11)14(18)13-8-10-4-2-6-12(17)15(10)19-13/h1-8,14,18H. The normalized spacial score (nSPS) is 12.8. The molecule has 0 aliphatic heterocycles. The molecule has 3 aromatic rings. The van der Waals surface area contributed by atoms with Crippen LogP contribution >= 0.6 is 15.9 Å². The number of para-hydroxylation sites is 1. The van der Waals surface area contributed by atoms with E-state index in [1.807, 2.05) is 12.1 Å². The van der Waals surface area contributed by atoms with Gasteiger partial charge in [-0.1, -0.05) is 40.2 Å². The predicted octanol–water partition coefficient (Wildman–Crippen LogP) is 4.42. The van der Waals surface area contributed by atoms with Crippen molar-refractivity contribution in [1.29, 1.82) is 0 Å². The van der Waals surface area contributed by atoms with E-state index in [0.717, 1.165) is 4.47 Å². The predicted molar refractivity (Wildman–Crippen MR) is 74.4 cm³/mol. The van der Waals surface area contributed by atoms with E-state index in [1.165, 1.54) is 6.07 Å². The van der Waals surface area contributed by atoms with Gasteiger partial charge >= 0.3 is 0 Å². The topological polar surface area (TPSA) is 33.4 Å². The molecular weight excluding hydrogens is 311 g/mol. The molecule has 0 amide bonds. The van der Waals surface area contributed by atoms with Crippen molar-refractivity contribution in [1.82, 2.24) is 0 Å². The fourth-order valence-corrected chi connectivity index (χ4v) is 2.44. The van der Waals surface area contributed by atoms with Crippen molar-refractivity contribution >= 4 is 26.9 Å². The summed E-state index contributed by atoms with van der Waals surface area (Å²) < 4.78 is 19.8. The third kappa shape index (κ3) is 2.29. The molecule has 0 aliphatic carbocycles. The molecule has 0 radical (unpaired) electrons. The summed E-state index contributed by atoms with van der Waals surface area (Å²) in [4.78, 5) is 0. The first kappa shape index (κ1) is 12.4. The van der Waals surface area contributed by atoms with Crippen LogP contribution in [-0.2, 0) is 0 Å². The highest BCUT2D eigenvalue weighted by Crippen LogP contribution is 2.30. The molecular formula is C15H10BrFO2. The Labute approximate surface area is 117 Å². The smallest absolute Gasteiger partial charge is 0.170 e. The number of furan rings is 1. The van der Waals surface area contributed by atoms with Gasteiger partial charge in [-0.15, -0.1) is 0 Å². The molecule has 4 heteroatoms. The van der Waals surface area contributed by atoms with Gasteiger partial charge in [-0.3, -0.25) is 0 Å². The second kappa shape index (κ2) is 4.79. The zero-order chi connectivity index (χ0) is 13.4. The van der Waals surface area contributed by atoms with Crippen LogP contribution in [0.2, 0.25) is 0 Å². The largest absolute Gasteiger partial charge is 0.455 e. The molecule has 1 N–H and O–H groups in total. The summed E-state index contributed by atoms with van der Waals surface area (Å²) in [6.07, 6.45) is -0.913. The van der Waals surface area contributed by atoms with Gasteiger partial charge in [-0.05, 0) is 29.8 Å². The summed E-state index contributed by atoms with van der Waals surface area (Å²) in [5.41, 5.74) is 0.861. The van der Waals surface area contributed by atoms with Crippen LogP contribution < -0.4 is 0 Å². The number of benzene rings is 2. The summed E-state index contributed by atoms with van der Waals surface area (Å²) in [6.45, 7) is 0. The molecule has 1 aromatic heterocycles. The summed E-state index contributed by atoms with van der Waals surface area (Å²) >= 11 is 3.35. The zero-order valence-electron chi connectivity index (χ0n) is 9.81. The van der Waals surface area contributed by atoms with Crippen LogP contribution in [0.5, 0.6) is 0 Å². The Hall–Kier alpha value is -1.65. The molecule has 0 saturated heterocycles. The van der Waals surface area contributed by atoms with E-state index in [4.69, 9.17) is 4.42 Å². The van der Waals surface area contributed by atoms with Crippen LogP contribution in [0.15, 0.2) is 57.4 Å². The first-order valence-corrected chi connectivity index (χ1v) is 6.56. The maximum absolute atomic E-state index is 13.5. The lowest BCUT2D eigenvalue weighted by molar-refractivity contribution is 0.192. The Bertz CT molecular complexity index is 736. The molecule has 1 unspecified atom stereocenters. The van der Waals surface area contributed by atoms with Crippen molar-refractivity contribution < 1.29 is 13.9 Å². The highest BCUT2D eigenvalue weighted by molar-refractivity contribution is 9.10. The van der Waals surface area contributed by atoms with Gasteiger partial charge in [0.1, 0.15) is 11.9 Å². The van der Waals surface area contributed by atoms with Crippen LogP contribution in [0, 0.1) is 5.82 Å². The average molecular weight is 321 g/mol. The molecule has 0 spiro atoms. The number of hydrogen-bond donors (Lipinski definition) is 1. The van der Waals surface area contributed by atoms with Gasteiger partial charge in [-0.2, -0.15) is 0 Å². The Morgan fingerprint density at radius 1 is 1.11 bits per heavy atom. The van der Waals surface area contributed by atoms with E-state index >= 15 is 0 Å². The summed E-state index contributed by atoms with van der Waals surface area (Å²) in [5, 5.41) is 10.9. The van der Waals surface area contributed by atoms with Crippen molar-refractivity contribution in [2.75, 3.05) is 0 Å². The Balaban J connectivity index is 2.06. The maximum Gasteiger partial charge on any atom is 0.170 e. The van der Waals surface area contributed by atoms with Crippen LogP contribution in [0.1, 0.15) is 17.4 Å². The summed E-state index contributed by atoms with van der Waals surface area (Å²) in [7, 11) is 0. The Morgan fingerprint density at radius 3 is 2.63 bits per heavy atom. The SMILES string of the molecule is OC(c1cccc(Br)c1)c1cc2cccc(F)c2o1. The molecule has 0 fully saturated rings. The minimum Gasteiger partial charge on any atom is -0.455 e. The fourth-order valence-electron chi connectivity index (χ4n) is 2.02. The minimum absolute atomic E-state index is 0.173. The van der Waals surface area contributed by atoms with E-state index in [1.54, 1.807) is 30.3 Å². The fraction of sp³-hybridized carbons (Fsp3) is 0.0667. The molecule has 19 heavy (non-hydrogen) atoms. The van der Waals surface area contributed by atoms with Crippen LogP contribution in [0.3, 0.4) is 0 Å². The Kier molecular flexibility index (Phi) is 3.12. The first-order chi connectivity index (χ1) is 9.15. The molecule has 2 nitrogen and oxygen atoms in total. The monoisotopic (exact) mass is 320 g/mol. The first-order valence-electron chi connectivity index (χ1n) is 5.76. The molecule has 1 heterocycles. The molecule has 0 saturated carbocycles. The third-order valence-corrected chi connectivity index (χ3v) is 3.44. The summed E-state index contributed by atoms with van der Waals surface area (Å²) in [5.74, 6) is -0.0941. The van der Waals surface area contributed by atoms with Crippen LogP contribution in [0.4, 0.5) is 4.39 Å². The highest BCUT2D eigenvalue weighted by Gasteiger charge is 2.17. The molecule has 3 rings (SSSR count). The minimum atomic E-state index is -0.913. The number of aliphatic hydroxyl groups excluding tert-OH is 1. The average Bonchev–Trinajstić information content (AvgIpc) is 2.83. The lowest BCUT2D eigenvalue weighted by Gasteiger charge is -2.07. The second-order valence-corrected chi connectivity index (χ2v) is 5.18. The van der Waals surface area contributed by atoms with E-state index in [2.05, 4.69) is 15.9 Å². The molecule has 96 valence electrons. The lowest BCUT2D eigenvalue weighted by Crippen LogP contribution is -1.97. The van der Waals surface area contributed by atoms with E-state index < -0.39 is 11.9 Å². The van der Waals surface area contributed by atoms with Gasteiger partial charge in [0.05, 0.1) is 0 Å². The van der Waals surface area contributed by atoms with Crippen molar-refractivity contribution in [3.05, 3.63) is 70.1 Å². The van der Waals surface area contributed by atoms with Crippen molar-refractivity contribution in [3.63, 3.8) is 0 Å². The summed E-state index contributed by atoms with van der Waals surface area (Å²) in [6, 6.07) is 13.6. The van der Waals surface area contributed by atoms with Crippen LogP contribution in [-0.4, -0.2) is 5.11 Å². The quantitative estimate of drug-likeness (QED) is 0.758. The van der Waals surface area contributed by atoms with Crippen molar-refractivity contribution in [3.8, 4) is 0 Å². The highest BCUT2D eigenvalue weighted by atomic mass is 79.9. The van der Waals surface area contributed by atoms with Gasteiger partial charge in [0, 0.05) is 9.86 Å². The lowest BCUT2D eigenvalue weighted by atomic mass is 10.1. The maximum atomic E-state index is 13.5. The number of halogens is 2. The molecule has 0 aliphatic rings. The number of aliphatic hydroxyl groups is 1. The van der Waals surface area contributed by atoms with Gasteiger partial charge in [0.2, 0.25) is 0 Å². The van der Waals surface area contributed by atoms with Gasteiger partial charge in [0.25, 0.3) is 0 Å². The molecule has 0 bridgehead atoms. The Morgan fingerprint density at radius 2 is 1.89 bits per heavy atom. The zero-order valence-corrected chi connectivity index (χ0v) is 11.4. The van der Waals surface area contributed by atoms with Crippen molar-refractivity contribution in [2.45, 2.75) is 6.10 Å². The van der Waals surface area contributed by atoms with E-state index in [0.29, 0.717) is 16.7 Å². The number of hydrogen-bond acceptors (Lipinski definition) is 2. The van der Waals surface area contributed by atoms with Crippen molar-refractivity contribution in [2.24, 2.45) is 0 Å². The van der Waals surface area contributed by atoms with Gasteiger partial charge in [0.15, 0.2) is 11.4 Å². The number of rotatable bonds is 2. The number of fused-ring (bicyclic) bond motifs is 1.